The molecule has 0 amide bonds. The molecular formula is C18H24N2S. The Labute approximate surface area is 132 Å². The van der Waals surface area contributed by atoms with Gasteiger partial charge in [-0.25, -0.2) is 4.98 Å². The molecule has 0 aliphatic rings. The standard InChI is InChI=1S/C18H24N2S/c1-5-8-19-12-16-10-13(2)6-7-17(16)21-18-11-14(3)9-15(4)20-18/h6-7,9-11,19H,5,8,12H2,1-4H3. The van der Waals surface area contributed by atoms with Crippen LogP contribution in [-0.2, 0) is 6.54 Å². The van der Waals surface area contributed by atoms with Crippen LogP contribution in [0, 0.1) is 20.8 Å². The van der Waals surface area contributed by atoms with Crippen LogP contribution in [0.3, 0.4) is 0 Å². The number of hydrogen-bond donors (Lipinski definition) is 1. The van der Waals surface area contributed by atoms with E-state index in [0.29, 0.717) is 0 Å². The maximum Gasteiger partial charge on any atom is 0.101 e. The minimum atomic E-state index is 0.919. The van der Waals surface area contributed by atoms with Gasteiger partial charge < -0.3 is 5.32 Å². The van der Waals surface area contributed by atoms with Crippen molar-refractivity contribution in [2.45, 2.75) is 50.6 Å². The minimum absolute atomic E-state index is 0.919. The van der Waals surface area contributed by atoms with Crippen LogP contribution in [0.4, 0.5) is 0 Å². The van der Waals surface area contributed by atoms with Crippen molar-refractivity contribution in [1.29, 1.82) is 0 Å². The van der Waals surface area contributed by atoms with Crippen molar-refractivity contribution in [2.75, 3.05) is 6.54 Å². The normalized spacial score (nSPS) is 10.9. The van der Waals surface area contributed by atoms with Gasteiger partial charge in [0.05, 0.1) is 0 Å². The molecule has 2 aromatic rings. The van der Waals surface area contributed by atoms with Crippen LogP contribution in [0.15, 0.2) is 40.3 Å². The first-order valence-electron chi connectivity index (χ1n) is 7.52. The molecule has 2 nitrogen and oxygen atoms in total. The average molecular weight is 300 g/mol. The second-order valence-electron chi connectivity index (χ2n) is 5.51. The Hall–Kier alpha value is -1.32. The Kier molecular flexibility index (Phi) is 5.83. The van der Waals surface area contributed by atoms with Crippen molar-refractivity contribution in [3.63, 3.8) is 0 Å². The highest BCUT2D eigenvalue weighted by molar-refractivity contribution is 7.99. The lowest BCUT2D eigenvalue weighted by Gasteiger charge is -2.11. The summed E-state index contributed by atoms with van der Waals surface area (Å²) in [6.07, 6.45) is 1.16. The van der Waals surface area contributed by atoms with Crippen molar-refractivity contribution in [3.8, 4) is 0 Å². The van der Waals surface area contributed by atoms with E-state index in [9.17, 15) is 0 Å². The molecule has 3 heteroatoms. The molecule has 0 saturated carbocycles. The molecule has 21 heavy (non-hydrogen) atoms. The summed E-state index contributed by atoms with van der Waals surface area (Å²) in [6.45, 7) is 10.5. The average Bonchev–Trinajstić information content (AvgIpc) is 2.41. The Morgan fingerprint density at radius 1 is 1.05 bits per heavy atom. The van der Waals surface area contributed by atoms with Gasteiger partial charge in [0.15, 0.2) is 0 Å². The first kappa shape index (κ1) is 16.1. The van der Waals surface area contributed by atoms with Gasteiger partial charge in [-0.1, -0.05) is 36.4 Å². The molecule has 1 aromatic carbocycles. The number of benzene rings is 1. The van der Waals surface area contributed by atoms with Gasteiger partial charge in [0.2, 0.25) is 0 Å². The van der Waals surface area contributed by atoms with Crippen LogP contribution >= 0.6 is 11.8 Å². The highest BCUT2D eigenvalue weighted by Crippen LogP contribution is 2.30. The van der Waals surface area contributed by atoms with E-state index in [2.05, 4.69) is 68.3 Å². The Morgan fingerprint density at radius 3 is 2.57 bits per heavy atom. The van der Waals surface area contributed by atoms with Gasteiger partial charge in [0.25, 0.3) is 0 Å². The molecule has 0 unspecified atom stereocenters. The molecule has 2 rings (SSSR count). The molecular weight excluding hydrogens is 276 g/mol. The molecule has 0 radical (unpaired) electrons. The fourth-order valence-electron chi connectivity index (χ4n) is 2.32. The molecule has 0 spiro atoms. The molecule has 1 aromatic heterocycles. The second kappa shape index (κ2) is 7.62. The lowest BCUT2D eigenvalue weighted by atomic mass is 10.1. The molecule has 0 aliphatic carbocycles. The predicted octanol–water partition coefficient (Wildman–Crippen LogP) is 4.66. The molecule has 112 valence electrons. The monoisotopic (exact) mass is 300 g/mol. The van der Waals surface area contributed by atoms with Crippen molar-refractivity contribution in [2.24, 2.45) is 0 Å². The maximum absolute atomic E-state index is 4.63. The zero-order valence-electron chi connectivity index (χ0n) is 13.4. The summed E-state index contributed by atoms with van der Waals surface area (Å²) >= 11 is 1.76. The summed E-state index contributed by atoms with van der Waals surface area (Å²) in [5.41, 5.74) is 5.01. The third kappa shape index (κ3) is 4.87. The van der Waals surface area contributed by atoms with E-state index in [-0.39, 0.29) is 0 Å². The topological polar surface area (TPSA) is 24.9 Å². The molecule has 0 fully saturated rings. The number of aryl methyl sites for hydroxylation is 3. The largest absolute Gasteiger partial charge is 0.313 e. The molecule has 1 heterocycles. The van der Waals surface area contributed by atoms with Crippen LogP contribution in [-0.4, -0.2) is 11.5 Å². The van der Waals surface area contributed by atoms with Crippen molar-refractivity contribution in [1.82, 2.24) is 10.3 Å². The highest BCUT2D eigenvalue weighted by Gasteiger charge is 2.07. The summed E-state index contributed by atoms with van der Waals surface area (Å²) in [6, 6.07) is 10.9. The second-order valence-corrected chi connectivity index (χ2v) is 6.58. The summed E-state index contributed by atoms with van der Waals surface area (Å²) in [4.78, 5) is 5.93. The van der Waals surface area contributed by atoms with Crippen molar-refractivity contribution < 1.29 is 0 Å². The molecule has 0 bridgehead atoms. The third-order valence-electron chi connectivity index (χ3n) is 3.25. The van der Waals surface area contributed by atoms with Crippen LogP contribution in [0.1, 0.15) is 35.7 Å². The Morgan fingerprint density at radius 2 is 1.86 bits per heavy atom. The third-order valence-corrected chi connectivity index (χ3v) is 4.28. The highest BCUT2D eigenvalue weighted by atomic mass is 32.2. The zero-order chi connectivity index (χ0) is 15.2. The fourth-order valence-corrected chi connectivity index (χ4v) is 3.37. The van der Waals surface area contributed by atoms with E-state index in [1.54, 1.807) is 11.8 Å². The van der Waals surface area contributed by atoms with Crippen LogP contribution < -0.4 is 5.32 Å². The Bertz CT molecular complexity index is 588. The zero-order valence-corrected chi connectivity index (χ0v) is 14.2. The van der Waals surface area contributed by atoms with Gasteiger partial charge in [0, 0.05) is 17.1 Å². The SMILES string of the molecule is CCCNCc1cc(C)ccc1Sc1cc(C)cc(C)n1. The van der Waals surface area contributed by atoms with Gasteiger partial charge in [-0.3, -0.25) is 0 Å². The number of hydrogen-bond acceptors (Lipinski definition) is 3. The fraction of sp³-hybridized carbons (Fsp3) is 0.389. The quantitative estimate of drug-likeness (QED) is 0.786. The van der Waals surface area contributed by atoms with E-state index in [0.717, 1.165) is 30.2 Å². The van der Waals surface area contributed by atoms with Gasteiger partial charge in [-0.15, -0.1) is 0 Å². The number of aromatic nitrogens is 1. The smallest absolute Gasteiger partial charge is 0.101 e. The van der Waals surface area contributed by atoms with Crippen LogP contribution in [0.5, 0.6) is 0 Å². The maximum atomic E-state index is 4.63. The van der Waals surface area contributed by atoms with E-state index < -0.39 is 0 Å². The minimum Gasteiger partial charge on any atom is -0.313 e. The molecule has 0 aliphatic heterocycles. The van der Waals surface area contributed by atoms with Crippen LogP contribution in [0.25, 0.3) is 0 Å². The van der Waals surface area contributed by atoms with Gasteiger partial charge in [0.1, 0.15) is 5.03 Å². The molecule has 0 saturated heterocycles. The number of pyridine rings is 1. The van der Waals surface area contributed by atoms with Gasteiger partial charge in [-0.05, 0) is 63.1 Å². The first-order valence-corrected chi connectivity index (χ1v) is 8.33. The lowest BCUT2D eigenvalue weighted by Crippen LogP contribution is -2.14. The molecule has 1 N–H and O–H groups in total. The Balaban J connectivity index is 2.21. The van der Waals surface area contributed by atoms with E-state index in [4.69, 9.17) is 0 Å². The number of nitrogens with zero attached hydrogens (tertiary/aromatic N) is 1. The van der Waals surface area contributed by atoms with Gasteiger partial charge >= 0.3 is 0 Å². The lowest BCUT2D eigenvalue weighted by molar-refractivity contribution is 0.669. The van der Waals surface area contributed by atoms with E-state index in [1.165, 1.54) is 21.6 Å². The van der Waals surface area contributed by atoms with E-state index >= 15 is 0 Å². The summed E-state index contributed by atoms with van der Waals surface area (Å²) < 4.78 is 0. The molecule has 0 atom stereocenters. The van der Waals surface area contributed by atoms with Crippen LogP contribution in [0.2, 0.25) is 0 Å². The van der Waals surface area contributed by atoms with Gasteiger partial charge in [-0.2, -0.15) is 0 Å². The summed E-state index contributed by atoms with van der Waals surface area (Å²) in [5.74, 6) is 0. The van der Waals surface area contributed by atoms with Crippen molar-refractivity contribution in [3.05, 3.63) is 52.7 Å². The first-order chi connectivity index (χ1) is 10.1. The van der Waals surface area contributed by atoms with E-state index in [1.807, 2.05) is 0 Å². The number of nitrogens with one attached hydrogen (secondary N) is 1. The summed E-state index contributed by atoms with van der Waals surface area (Å²) in [5, 5.41) is 4.57. The predicted molar refractivity (Wildman–Crippen MR) is 91.0 cm³/mol. The van der Waals surface area contributed by atoms with Crippen molar-refractivity contribution >= 4 is 11.8 Å². The summed E-state index contributed by atoms with van der Waals surface area (Å²) in [7, 11) is 0. The number of rotatable bonds is 6.